The minimum Gasteiger partial charge on any atom is -0.493 e. The highest BCUT2D eigenvalue weighted by molar-refractivity contribution is 6.29. The van der Waals surface area contributed by atoms with E-state index in [1.165, 1.54) is 0 Å². The second-order valence-electron chi connectivity index (χ2n) is 5.43. The number of rotatable bonds is 9. The molecular formula is C18H23ClN2O3. The monoisotopic (exact) mass is 350 g/mol. The molecule has 0 aliphatic heterocycles. The lowest BCUT2D eigenvalue weighted by Gasteiger charge is -2.16. The molecule has 1 aromatic heterocycles. The summed E-state index contributed by atoms with van der Waals surface area (Å²) in [6, 6.07) is 9.52. The zero-order valence-electron chi connectivity index (χ0n) is 14.0. The average Bonchev–Trinajstić information content (AvgIpc) is 2.62. The van der Waals surface area contributed by atoms with Gasteiger partial charge in [-0.25, -0.2) is 4.98 Å². The molecule has 24 heavy (non-hydrogen) atoms. The van der Waals surface area contributed by atoms with E-state index in [2.05, 4.69) is 10.3 Å². The Morgan fingerprint density at radius 3 is 2.62 bits per heavy atom. The largest absolute Gasteiger partial charge is 0.493 e. The van der Waals surface area contributed by atoms with Crippen LogP contribution in [-0.4, -0.2) is 29.8 Å². The molecule has 6 heteroatoms. The Morgan fingerprint density at radius 2 is 2.00 bits per heavy atom. The number of ether oxygens (including phenoxy) is 2. The fourth-order valence-corrected chi connectivity index (χ4v) is 2.31. The minimum atomic E-state index is 0.101. The van der Waals surface area contributed by atoms with Crippen LogP contribution in [0.3, 0.4) is 0 Å². The quantitative estimate of drug-likeness (QED) is 0.680. The fourth-order valence-electron chi connectivity index (χ4n) is 2.19. The number of nitrogens with one attached hydrogen (secondary N) is 1. The van der Waals surface area contributed by atoms with Crippen molar-refractivity contribution in [2.24, 2.45) is 0 Å². The van der Waals surface area contributed by atoms with Gasteiger partial charge in [0.2, 0.25) is 0 Å². The molecule has 0 bridgehead atoms. The molecule has 5 nitrogen and oxygen atoms in total. The molecule has 2 aromatic rings. The number of halogens is 1. The number of nitrogens with zero attached hydrogens (tertiary/aromatic N) is 1. The number of hydrogen-bond donors (Lipinski definition) is 2. The van der Waals surface area contributed by atoms with E-state index in [1.54, 1.807) is 19.4 Å². The second kappa shape index (κ2) is 9.47. The first-order valence-corrected chi connectivity index (χ1v) is 8.28. The summed E-state index contributed by atoms with van der Waals surface area (Å²) < 4.78 is 11.2. The summed E-state index contributed by atoms with van der Waals surface area (Å²) in [5.41, 5.74) is 2.00. The summed E-state index contributed by atoms with van der Waals surface area (Å²) in [7, 11) is 1.62. The molecular weight excluding hydrogens is 328 g/mol. The van der Waals surface area contributed by atoms with Gasteiger partial charge in [-0.1, -0.05) is 30.7 Å². The van der Waals surface area contributed by atoms with E-state index in [-0.39, 0.29) is 12.6 Å². The summed E-state index contributed by atoms with van der Waals surface area (Å²) in [6.45, 7) is 3.22. The van der Waals surface area contributed by atoms with Crippen LogP contribution in [0.15, 0.2) is 36.5 Å². The predicted octanol–water partition coefficient (Wildman–Crippen LogP) is 3.18. The molecule has 130 valence electrons. The summed E-state index contributed by atoms with van der Waals surface area (Å²) in [5, 5.41) is 13.0. The second-order valence-corrected chi connectivity index (χ2v) is 5.82. The van der Waals surface area contributed by atoms with Crippen molar-refractivity contribution in [2.75, 3.05) is 13.7 Å². The predicted molar refractivity (Wildman–Crippen MR) is 94.6 cm³/mol. The minimum absolute atomic E-state index is 0.101. The highest BCUT2D eigenvalue weighted by Gasteiger charge is 2.08. The maximum Gasteiger partial charge on any atom is 0.161 e. The van der Waals surface area contributed by atoms with Gasteiger partial charge in [-0.3, -0.25) is 0 Å². The van der Waals surface area contributed by atoms with Gasteiger partial charge in [-0.15, -0.1) is 0 Å². The number of aromatic nitrogens is 1. The van der Waals surface area contributed by atoms with Crippen molar-refractivity contribution in [3.63, 3.8) is 0 Å². The van der Waals surface area contributed by atoms with Crippen molar-refractivity contribution in [3.8, 4) is 11.5 Å². The van der Waals surface area contributed by atoms with Crippen molar-refractivity contribution in [3.05, 3.63) is 52.8 Å². The topological polar surface area (TPSA) is 63.6 Å². The Hall–Kier alpha value is -1.82. The zero-order valence-corrected chi connectivity index (χ0v) is 14.7. The Bertz CT molecular complexity index is 631. The van der Waals surface area contributed by atoms with Crippen LogP contribution >= 0.6 is 11.6 Å². The van der Waals surface area contributed by atoms with Crippen LogP contribution < -0.4 is 14.8 Å². The SMILES string of the molecule is CCC(CO)NCc1ccc(OCc2ccc(Cl)nc2)c(OC)c1. The highest BCUT2D eigenvalue weighted by atomic mass is 35.5. The van der Waals surface area contributed by atoms with Gasteiger partial charge in [-0.2, -0.15) is 0 Å². The van der Waals surface area contributed by atoms with Crippen molar-refractivity contribution in [1.82, 2.24) is 10.3 Å². The fraction of sp³-hybridized carbons (Fsp3) is 0.389. The Labute approximate surface area is 147 Å². The lowest BCUT2D eigenvalue weighted by molar-refractivity contribution is 0.238. The first kappa shape index (κ1) is 18.5. The number of hydrogen-bond acceptors (Lipinski definition) is 5. The van der Waals surface area contributed by atoms with Crippen LogP contribution in [0.25, 0.3) is 0 Å². The van der Waals surface area contributed by atoms with E-state index in [0.717, 1.165) is 17.5 Å². The van der Waals surface area contributed by atoms with Gasteiger partial charge in [0.1, 0.15) is 11.8 Å². The third kappa shape index (κ3) is 5.37. The van der Waals surface area contributed by atoms with Gasteiger partial charge in [0.25, 0.3) is 0 Å². The lowest BCUT2D eigenvalue weighted by Crippen LogP contribution is -2.31. The van der Waals surface area contributed by atoms with Crippen molar-refractivity contribution in [1.29, 1.82) is 0 Å². The van der Waals surface area contributed by atoms with E-state index in [1.807, 2.05) is 31.2 Å². The molecule has 0 spiro atoms. The van der Waals surface area contributed by atoms with E-state index < -0.39 is 0 Å². The normalized spacial score (nSPS) is 12.0. The molecule has 1 heterocycles. The van der Waals surface area contributed by atoms with E-state index >= 15 is 0 Å². The van der Waals surface area contributed by atoms with Crippen molar-refractivity contribution < 1.29 is 14.6 Å². The number of benzene rings is 1. The molecule has 0 aliphatic carbocycles. The molecule has 0 radical (unpaired) electrons. The van der Waals surface area contributed by atoms with Crippen LogP contribution in [-0.2, 0) is 13.2 Å². The Morgan fingerprint density at radius 1 is 1.21 bits per heavy atom. The third-order valence-corrected chi connectivity index (χ3v) is 3.94. The summed E-state index contributed by atoms with van der Waals surface area (Å²) in [6.07, 6.45) is 2.57. The summed E-state index contributed by atoms with van der Waals surface area (Å²) >= 11 is 5.77. The van der Waals surface area contributed by atoms with Gasteiger partial charge in [0, 0.05) is 24.3 Å². The molecule has 0 amide bonds. The van der Waals surface area contributed by atoms with Crippen LogP contribution in [0.4, 0.5) is 0 Å². The van der Waals surface area contributed by atoms with Gasteiger partial charge in [0.15, 0.2) is 11.5 Å². The van der Waals surface area contributed by atoms with Crippen molar-refractivity contribution >= 4 is 11.6 Å². The Kier molecular flexibility index (Phi) is 7.31. The first-order chi connectivity index (χ1) is 11.7. The first-order valence-electron chi connectivity index (χ1n) is 7.90. The molecule has 1 aromatic carbocycles. The van der Waals surface area contributed by atoms with Crippen LogP contribution in [0.5, 0.6) is 11.5 Å². The lowest BCUT2D eigenvalue weighted by atomic mass is 10.1. The van der Waals surface area contributed by atoms with Crippen LogP contribution in [0.1, 0.15) is 24.5 Å². The van der Waals surface area contributed by atoms with Gasteiger partial charge < -0.3 is 19.9 Å². The van der Waals surface area contributed by atoms with E-state index in [9.17, 15) is 5.11 Å². The molecule has 0 saturated carbocycles. The number of aliphatic hydroxyl groups is 1. The van der Waals surface area contributed by atoms with Crippen LogP contribution in [0.2, 0.25) is 5.15 Å². The summed E-state index contributed by atoms with van der Waals surface area (Å²) in [5.74, 6) is 1.35. The molecule has 0 aliphatic rings. The molecule has 2 N–H and O–H groups in total. The van der Waals surface area contributed by atoms with Gasteiger partial charge in [-0.05, 0) is 30.2 Å². The van der Waals surface area contributed by atoms with Crippen molar-refractivity contribution in [2.45, 2.75) is 32.5 Å². The molecule has 0 fully saturated rings. The maximum atomic E-state index is 9.22. The summed E-state index contributed by atoms with van der Waals surface area (Å²) in [4.78, 5) is 4.03. The molecule has 0 saturated heterocycles. The maximum absolute atomic E-state index is 9.22. The van der Waals surface area contributed by atoms with Gasteiger partial charge in [0.05, 0.1) is 13.7 Å². The standard InChI is InChI=1S/C18H23ClN2O3/c1-3-15(11-22)20-9-13-4-6-16(17(8-13)23-2)24-12-14-5-7-18(19)21-10-14/h4-8,10,15,20,22H,3,9,11-12H2,1-2H3. The van der Waals surface area contributed by atoms with Crippen LogP contribution in [0, 0.1) is 0 Å². The smallest absolute Gasteiger partial charge is 0.161 e. The molecule has 1 atom stereocenters. The number of aliphatic hydroxyl groups excluding tert-OH is 1. The van der Waals surface area contributed by atoms with E-state index in [4.69, 9.17) is 21.1 Å². The zero-order chi connectivity index (χ0) is 17.4. The van der Waals surface area contributed by atoms with E-state index in [0.29, 0.717) is 29.8 Å². The van der Waals surface area contributed by atoms with Gasteiger partial charge >= 0.3 is 0 Å². The molecule has 1 unspecified atom stereocenters. The molecule has 2 rings (SSSR count). The third-order valence-electron chi connectivity index (χ3n) is 3.72. The average molecular weight is 351 g/mol. The number of methoxy groups -OCH3 is 1. The Balaban J connectivity index is 1.99. The number of pyridine rings is 1. The highest BCUT2D eigenvalue weighted by Crippen LogP contribution is 2.29.